The average molecular weight is 258 g/mol. The molecule has 0 bridgehead atoms. The van der Waals surface area contributed by atoms with Crippen molar-refractivity contribution in [2.45, 2.75) is 6.54 Å². The summed E-state index contributed by atoms with van der Waals surface area (Å²) in [4.78, 5) is 4.62. The smallest absolute Gasteiger partial charge is 0.137 e. The minimum Gasteiger partial charge on any atom is -0.325 e. The van der Waals surface area contributed by atoms with Crippen LogP contribution < -0.4 is 5.73 Å². The van der Waals surface area contributed by atoms with Crippen molar-refractivity contribution in [1.82, 2.24) is 9.38 Å². The van der Waals surface area contributed by atoms with Gasteiger partial charge in [0.2, 0.25) is 0 Å². The van der Waals surface area contributed by atoms with Crippen LogP contribution in [0.25, 0.3) is 16.9 Å². The molecule has 3 nitrogen and oxygen atoms in total. The zero-order chi connectivity index (χ0) is 12.5. The molecule has 0 amide bonds. The number of rotatable bonds is 2. The van der Waals surface area contributed by atoms with E-state index in [4.69, 9.17) is 17.3 Å². The number of aromatic nitrogens is 2. The molecule has 0 aliphatic rings. The highest BCUT2D eigenvalue weighted by atomic mass is 35.5. The van der Waals surface area contributed by atoms with Gasteiger partial charge in [0.15, 0.2) is 0 Å². The minimum absolute atomic E-state index is 0.438. The maximum atomic E-state index is 6.02. The van der Waals surface area contributed by atoms with E-state index in [1.807, 2.05) is 53.1 Å². The van der Waals surface area contributed by atoms with Crippen molar-refractivity contribution in [2.75, 3.05) is 0 Å². The van der Waals surface area contributed by atoms with Crippen molar-refractivity contribution in [3.8, 4) is 11.3 Å². The molecule has 2 heterocycles. The van der Waals surface area contributed by atoms with E-state index in [1.54, 1.807) is 0 Å². The van der Waals surface area contributed by atoms with Crippen molar-refractivity contribution in [2.24, 2.45) is 5.73 Å². The van der Waals surface area contributed by atoms with Crippen molar-refractivity contribution >= 4 is 17.2 Å². The molecule has 90 valence electrons. The number of halogens is 1. The Morgan fingerprint density at radius 2 is 2.06 bits per heavy atom. The molecule has 0 unspecified atom stereocenters. The molecular formula is C14H12ClN3. The van der Waals surface area contributed by atoms with Crippen LogP contribution in [-0.2, 0) is 6.54 Å². The van der Waals surface area contributed by atoms with Gasteiger partial charge in [-0.3, -0.25) is 0 Å². The molecule has 0 aliphatic heterocycles. The van der Waals surface area contributed by atoms with Gasteiger partial charge in [-0.25, -0.2) is 4.98 Å². The first-order chi connectivity index (χ1) is 8.79. The van der Waals surface area contributed by atoms with Crippen LogP contribution >= 0.6 is 11.6 Å². The van der Waals surface area contributed by atoms with Gasteiger partial charge in [-0.15, -0.1) is 0 Å². The molecule has 3 rings (SSSR count). The number of nitrogens with two attached hydrogens (primary N) is 1. The summed E-state index contributed by atoms with van der Waals surface area (Å²) in [6.07, 6.45) is 1.97. The monoisotopic (exact) mass is 257 g/mol. The number of pyridine rings is 1. The maximum Gasteiger partial charge on any atom is 0.137 e. The second kappa shape index (κ2) is 4.44. The number of hydrogen-bond donors (Lipinski definition) is 1. The van der Waals surface area contributed by atoms with E-state index in [9.17, 15) is 0 Å². The van der Waals surface area contributed by atoms with Gasteiger partial charge in [0.25, 0.3) is 0 Å². The van der Waals surface area contributed by atoms with Gasteiger partial charge >= 0.3 is 0 Å². The lowest BCUT2D eigenvalue weighted by Crippen LogP contribution is -2.02. The van der Waals surface area contributed by atoms with Crippen LogP contribution in [0.1, 0.15) is 5.69 Å². The third-order valence-electron chi connectivity index (χ3n) is 2.92. The SMILES string of the molecule is NCc1c(-c2cccc(Cl)c2)nc2ccccn12. The van der Waals surface area contributed by atoms with Gasteiger partial charge in [-0.05, 0) is 24.3 Å². The number of benzene rings is 1. The molecule has 0 saturated carbocycles. The second-order valence-corrected chi connectivity index (χ2v) is 4.49. The van der Waals surface area contributed by atoms with Gasteiger partial charge in [-0.2, -0.15) is 0 Å². The molecule has 3 aromatic rings. The van der Waals surface area contributed by atoms with Crippen LogP contribution in [0.15, 0.2) is 48.7 Å². The normalized spacial score (nSPS) is 11.0. The van der Waals surface area contributed by atoms with Crippen molar-refractivity contribution in [1.29, 1.82) is 0 Å². The molecule has 1 aromatic carbocycles. The summed E-state index contributed by atoms with van der Waals surface area (Å²) in [5.74, 6) is 0. The summed E-state index contributed by atoms with van der Waals surface area (Å²) >= 11 is 6.02. The Morgan fingerprint density at radius 1 is 1.17 bits per heavy atom. The van der Waals surface area contributed by atoms with Gasteiger partial charge in [-0.1, -0.05) is 29.8 Å². The highest BCUT2D eigenvalue weighted by molar-refractivity contribution is 6.30. The molecular weight excluding hydrogens is 246 g/mol. The van der Waals surface area contributed by atoms with Crippen LogP contribution in [0.4, 0.5) is 0 Å². The summed E-state index contributed by atoms with van der Waals surface area (Å²) in [7, 11) is 0. The fourth-order valence-corrected chi connectivity index (χ4v) is 2.30. The Kier molecular flexibility index (Phi) is 2.78. The Hall–Kier alpha value is -1.84. The standard InChI is InChI=1S/C14H12ClN3/c15-11-5-3-4-10(8-11)14-12(9-16)18-7-2-1-6-13(18)17-14/h1-8H,9,16H2. The fourth-order valence-electron chi connectivity index (χ4n) is 2.11. The third kappa shape index (κ3) is 1.78. The van der Waals surface area contributed by atoms with E-state index in [-0.39, 0.29) is 0 Å². The first-order valence-corrected chi connectivity index (χ1v) is 6.09. The molecule has 18 heavy (non-hydrogen) atoms. The van der Waals surface area contributed by atoms with Gasteiger partial charge < -0.3 is 10.1 Å². The second-order valence-electron chi connectivity index (χ2n) is 4.05. The zero-order valence-electron chi connectivity index (χ0n) is 9.68. The van der Waals surface area contributed by atoms with Crippen LogP contribution in [0.2, 0.25) is 5.02 Å². The summed E-state index contributed by atoms with van der Waals surface area (Å²) in [5, 5.41) is 0.701. The summed E-state index contributed by atoms with van der Waals surface area (Å²) < 4.78 is 2.01. The van der Waals surface area contributed by atoms with Crippen LogP contribution in [0.5, 0.6) is 0 Å². The zero-order valence-corrected chi connectivity index (χ0v) is 10.4. The van der Waals surface area contributed by atoms with Crippen LogP contribution in [-0.4, -0.2) is 9.38 Å². The molecule has 0 radical (unpaired) electrons. The van der Waals surface area contributed by atoms with E-state index < -0.39 is 0 Å². The Balaban J connectivity index is 2.28. The summed E-state index contributed by atoms with van der Waals surface area (Å²) in [5.41, 5.74) is 9.62. The van der Waals surface area contributed by atoms with E-state index in [0.29, 0.717) is 11.6 Å². The first kappa shape index (κ1) is 11.3. The molecule has 4 heteroatoms. The Labute approximate surface area is 110 Å². The number of hydrogen-bond acceptors (Lipinski definition) is 2. The Morgan fingerprint density at radius 3 is 2.83 bits per heavy atom. The summed E-state index contributed by atoms with van der Waals surface area (Å²) in [6.45, 7) is 0.438. The predicted molar refractivity (Wildman–Crippen MR) is 73.5 cm³/mol. The maximum absolute atomic E-state index is 6.02. The third-order valence-corrected chi connectivity index (χ3v) is 3.16. The predicted octanol–water partition coefficient (Wildman–Crippen LogP) is 3.11. The van der Waals surface area contributed by atoms with Crippen LogP contribution in [0, 0.1) is 0 Å². The lowest BCUT2D eigenvalue weighted by atomic mass is 10.1. The molecule has 2 N–H and O–H groups in total. The van der Waals surface area contributed by atoms with Crippen molar-refractivity contribution < 1.29 is 0 Å². The topological polar surface area (TPSA) is 43.3 Å². The molecule has 0 atom stereocenters. The van der Waals surface area contributed by atoms with E-state index >= 15 is 0 Å². The van der Waals surface area contributed by atoms with Gasteiger partial charge in [0.05, 0.1) is 11.4 Å². The fraction of sp³-hybridized carbons (Fsp3) is 0.0714. The van der Waals surface area contributed by atoms with E-state index in [0.717, 1.165) is 22.6 Å². The molecule has 0 fully saturated rings. The summed E-state index contributed by atoms with van der Waals surface area (Å²) in [6, 6.07) is 13.6. The minimum atomic E-state index is 0.438. The molecule has 0 saturated heterocycles. The largest absolute Gasteiger partial charge is 0.325 e. The van der Waals surface area contributed by atoms with E-state index in [1.165, 1.54) is 0 Å². The highest BCUT2D eigenvalue weighted by Crippen LogP contribution is 2.26. The quantitative estimate of drug-likeness (QED) is 0.767. The van der Waals surface area contributed by atoms with Crippen molar-refractivity contribution in [3.63, 3.8) is 0 Å². The average Bonchev–Trinajstić information content (AvgIpc) is 2.77. The number of imidazole rings is 1. The first-order valence-electron chi connectivity index (χ1n) is 5.71. The number of fused-ring (bicyclic) bond motifs is 1. The highest BCUT2D eigenvalue weighted by Gasteiger charge is 2.12. The molecule has 0 aliphatic carbocycles. The van der Waals surface area contributed by atoms with Gasteiger partial charge in [0, 0.05) is 23.3 Å². The van der Waals surface area contributed by atoms with Gasteiger partial charge in [0.1, 0.15) is 5.65 Å². The molecule has 0 spiro atoms. The lowest BCUT2D eigenvalue weighted by molar-refractivity contribution is 0.962. The van der Waals surface area contributed by atoms with E-state index in [2.05, 4.69) is 4.98 Å². The Bertz CT molecular complexity index is 703. The van der Waals surface area contributed by atoms with Crippen molar-refractivity contribution in [3.05, 3.63) is 59.4 Å². The number of nitrogens with zero attached hydrogens (tertiary/aromatic N) is 2. The molecule has 2 aromatic heterocycles. The van der Waals surface area contributed by atoms with Crippen LogP contribution in [0.3, 0.4) is 0 Å². The lowest BCUT2D eigenvalue weighted by Gasteiger charge is -2.02.